The van der Waals surface area contributed by atoms with E-state index in [4.69, 9.17) is 5.11 Å². The van der Waals surface area contributed by atoms with Crippen LogP contribution >= 0.6 is 54.5 Å². The smallest absolute Gasteiger partial charge is 0.339 e. The summed E-state index contributed by atoms with van der Waals surface area (Å²) in [7, 11) is 0. The molecule has 3 nitrogen and oxygen atoms in total. The number of benzene rings is 1. The second-order valence-corrected chi connectivity index (χ2v) is 4.91. The van der Waals surface area contributed by atoms with Gasteiger partial charge in [-0.3, -0.25) is 0 Å². The monoisotopic (exact) mass is 420 g/mol. The van der Waals surface area contributed by atoms with E-state index in [0.717, 1.165) is 3.57 Å². The number of aromatic carboxylic acids is 1. The fourth-order valence-corrected chi connectivity index (χ4v) is 2.28. The molecule has 2 N–H and O–H groups in total. The molecular formula is C7H3Br2IO3. The molecule has 0 aliphatic carbocycles. The summed E-state index contributed by atoms with van der Waals surface area (Å²) in [4.78, 5) is 10.6. The van der Waals surface area contributed by atoms with Gasteiger partial charge in [0.2, 0.25) is 0 Å². The molecule has 0 fully saturated rings. The quantitative estimate of drug-likeness (QED) is 0.541. The minimum absolute atomic E-state index is 0.126. The van der Waals surface area contributed by atoms with Crippen LogP contribution in [0.3, 0.4) is 0 Å². The summed E-state index contributed by atoms with van der Waals surface area (Å²) in [6.07, 6.45) is 0. The van der Waals surface area contributed by atoms with Gasteiger partial charge >= 0.3 is 5.97 Å². The molecule has 1 rings (SSSR count). The number of aromatic hydroxyl groups is 1. The van der Waals surface area contributed by atoms with Crippen molar-refractivity contribution in [3.63, 3.8) is 0 Å². The Hall–Kier alpha value is 0.180. The van der Waals surface area contributed by atoms with Crippen molar-refractivity contribution in [1.82, 2.24) is 0 Å². The van der Waals surface area contributed by atoms with Gasteiger partial charge < -0.3 is 10.2 Å². The summed E-state index contributed by atoms with van der Waals surface area (Å²) < 4.78 is 1.76. The zero-order valence-corrected chi connectivity index (χ0v) is 11.3. The molecule has 0 aliphatic rings. The molecule has 0 saturated carbocycles. The lowest BCUT2D eigenvalue weighted by Crippen LogP contribution is -1.98. The zero-order chi connectivity index (χ0) is 10.2. The van der Waals surface area contributed by atoms with Gasteiger partial charge in [-0.25, -0.2) is 4.79 Å². The van der Waals surface area contributed by atoms with Crippen molar-refractivity contribution >= 4 is 60.4 Å². The average Bonchev–Trinajstić information content (AvgIpc) is 2.07. The Morgan fingerprint density at radius 1 is 1.46 bits per heavy atom. The van der Waals surface area contributed by atoms with E-state index in [9.17, 15) is 9.90 Å². The van der Waals surface area contributed by atoms with Crippen molar-refractivity contribution in [2.75, 3.05) is 0 Å². The van der Waals surface area contributed by atoms with Gasteiger partial charge in [0, 0.05) is 8.04 Å². The van der Waals surface area contributed by atoms with Gasteiger partial charge in [0.05, 0.1) is 4.47 Å². The van der Waals surface area contributed by atoms with Crippen LogP contribution in [0.2, 0.25) is 0 Å². The summed E-state index contributed by atoms with van der Waals surface area (Å²) in [5.74, 6) is -1.41. The maximum absolute atomic E-state index is 10.6. The third-order valence-corrected chi connectivity index (χ3v) is 5.37. The second kappa shape index (κ2) is 4.14. The van der Waals surface area contributed by atoms with Crippen molar-refractivity contribution in [2.45, 2.75) is 0 Å². The predicted molar refractivity (Wildman–Crippen MR) is 63.2 cm³/mol. The summed E-state index contributed by atoms with van der Waals surface area (Å²) in [6, 6.07) is 1.37. The molecule has 0 radical (unpaired) electrons. The van der Waals surface area contributed by atoms with Crippen LogP contribution in [0, 0.1) is 3.57 Å². The number of hydrogen-bond acceptors (Lipinski definition) is 2. The maximum Gasteiger partial charge on any atom is 0.339 e. The number of hydrogen-bond donors (Lipinski definition) is 2. The number of halogens is 3. The number of carboxylic acids is 1. The summed E-state index contributed by atoms with van der Waals surface area (Å²) in [6.45, 7) is 0. The van der Waals surface area contributed by atoms with E-state index in [1.807, 2.05) is 22.6 Å². The van der Waals surface area contributed by atoms with Crippen molar-refractivity contribution in [1.29, 1.82) is 0 Å². The highest BCUT2D eigenvalue weighted by Gasteiger charge is 2.17. The average molecular weight is 422 g/mol. The minimum atomic E-state index is -1.16. The van der Waals surface area contributed by atoms with Gasteiger partial charge in [0.15, 0.2) is 0 Å². The van der Waals surface area contributed by atoms with Crippen LogP contribution in [-0.2, 0) is 0 Å². The standard InChI is InChI=1S/C7H3Br2IO3/c8-3-1-2(7(12)13)6(11)4(9)5(3)10/h1,11H,(H,12,13). The zero-order valence-electron chi connectivity index (χ0n) is 6.01. The third kappa shape index (κ3) is 2.16. The van der Waals surface area contributed by atoms with Gasteiger partial charge in [-0.2, -0.15) is 0 Å². The Balaban J connectivity index is 3.50. The molecule has 70 valence electrons. The topological polar surface area (TPSA) is 57.5 Å². The molecule has 0 unspecified atom stereocenters. The first-order valence-corrected chi connectivity index (χ1v) is 5.71. The molecule has 0 spiro atoms. The van der Waals surface area contributed by atoms with E-state index in [1.165, 1.54) is 6.07 Å². The number of rotatable bonds is 1. The van der Waals surface area contributed by atoms with E-state index in [2.05, 4.69) is 31.9 Å². The third-order valence-electron chi connectivity index (χ3n) is 1.37. The largest absolute Gasteiger partial charge is 0.506 e. The van der Waals surface area contributed by atoms with Crippen LogP contribution in [0.25, 0.3) is 0 Å². The van der Waals surface area contributed by atoms with Gasteiger partial charge in [0.25, 0.3) is 0 Å². The minimum Gasteiger partial charge on any atom is -0.506 e. The lowest BCUT2D eigenvalue weighted by atomic mass is 10.2. The second-order valence-electron chi connectivity index (χ2n) is 2.19. The Morgan fingerprint density at radius 2 is 2.00 bits per heavy atom. The van der Waals surface area contributed by atoms with Gasteiger partial charge in [0.1, 0.15) is 11.3 Å². The van der Waals surface area contributed by atoms with Crippen molar-refractivity contribution < 1.29 is 15.0 Å². The molecule has 1 aromatic carbocycles. The Kier molecular flexibility index (Phi) is 3.58. The highest BCUT2D eigenvalue weighted by molar-refractivity contribution is 14.1. The van der Waals surface area contributed by atoms with E-state index >= 15 is 0 Å². The first-order chi connectivity index (χ1) is 5.95. The van der Waals surface area contributed by atoms with Crippen LogP contribution in [0.4, 0.5) is 0 Å². The first-order valence-electron chi connectivity index (χ1n) is 3.05. The van der Waals surface area contributed by atoms with Crippen LogP contribution in [-0.4, -0.2) is 16.2 Å². The van der Waals surface area contributed by atoms with E-state index in [1.54, 1.807) is 0 Å². The number of carbonyl (C=O) groups is 1. The van der Waals surface area contributed by atoms with Crippen LogP contribution < -0.4 is 0 Å². The molecule has 1 aromatic rings. The molecule has 0 saturated heterocycles. The molecule has 0 aliphatic heterocycles. The number of phenols is 1. The Labute approximate surface area is 105 Å². The highest BCUT2D eigenvalue weighted by atomic mass is 127. The lowest BCUT2D eigenvalue weighted by Gasteiger charge is -2.05. The summed E-state index contributed by atoms with van der Waals surface area (Å²) in [5, 5.41) is 18.1. The molecular weight excluding hydrogens is 419 g/mol. The fraction of sp³-hybridized carbons (Fsp3) is 0. The van der Waals surface area contributed by atoms with Crippen molar-refractivity contribution in [2.24, 2.45) is 0 Å². The molecule has 13 heavy (non-hydrogen) atoms. The first kappa shape index (κ1) is 11.3. The molecule has 0 aromatic heterocycles. The summed E-state index contributed by atoms with van der Waals surface area (Å²) >= 11 is 8.27. The van der Waals surface area contributed by atoms with Gasteiger partial charge in [-0.15, -0.1) is 0 Å². The molecule has 6 heteroatoms. The van der Waals surface area contributed by atoms with Crippen LogP contribution in [0.15, 0.2) is 15.0 Å². The molecule has 0 amide bonds. The Morgan fingerprint density at radius 3 is 2.46 bits per heavy atom. The molecule has 0 heterocycles. The molecule has 0 bridgehead atoms. The predicted octanol–water partition coefficient (Wildman–Crippen LogP) is 3.22. The normalized spacial score (nSPS) is 10.1. The Bertz CT molecular complexity index is 378. The van der Waals surface area contributed by atoms with Crippen LogP contribution in [0.5, 0.6) is 5.75 Å². The van der Waals surface area contributed by atoms with E-state index < -0.39 is 5.97 Å². The fourth-order valence-electron chi connectivity index (χ4n) is 0.748. The van der Waals surface area contributed by atoms with Crippen molar-refractivity contribution in [3.8, 4) is 5.75 Å². The highest BCUT2D eigenvalue weighted by Crippen LogP contribution is 2.37. The van der Waals surface area contributed by atoms with Gasteiger partial charge in [-0.05, 0) is 60.5 Å². The lowest BCUT2D eigenvalue weighted by molar-refractivity contribution is 0.0693. The van der Waals surface area contributed by atoms with Crippen molar-refractivity contribution in [3.05, 3.63) is 24.1 Å². The maximum atomic E-state index is 10.6. The number of carboxylic acid groups (broad SMARTS) is 1. The van der Waals surface area contributed by atoms with Gasteiger partial charge in [-0.1, -0.05) is 0 Å². The van der Waals surface area contributed by atoms with E-state index in [0.29, 0.717) is 8.95 Å². The van der Waals surface area contributed by atoms with E-state index in [-0.39, 0.29) is 11.3 Å². The van der Waals surface area contributed by atoms with Crippen LogP contribution in [0.1, 0.15) is 10.4 Å². The molecule has 0 atom stereocenters. The summed E-state index contributed by atoms with van der Waals surface area (Å²) in [5.41, 5.74) is -0.126. The SMILES string of the molecule is O=C(O)c1cc(Br)c(I)c(Br)c1O.